The molecule has 2 unspecified atom stereocenters. The maximum absolute atomic E-state index is 12.7. The van der Waals surface area contributed by atoms with Crippen LogP contribution in [0.4, 0.5) is 0 Å². The van der Waals surface area contributed by atoms with Crippen molar-refractivity contribution in [3.8, 4) is 0 Å². The summed E-state index contributed by atoms with van der Waals surface area (Å²) in [6, 6.07) is 0. The van der Waals surface area contributed by atoms with Crippen LogP contribution in [0, 0.1) is 0 Å². The van der Waals surface area contributed by atoms with Gasteiger partial charge in [0, 0.05) is 30.1 Å². The van der Waals surface area contributed by atoms with Crippen molar-refractivity contribution < 1.29 is 9.90 Å². The Balaban J connectivity index is 1.69. The standard InChI is InChI=1S/C16H24N2O2S2/c1-11(2)13-9-22-14(17-13)12-4-3-6-18(8-12)15(19)16(20)5-7-21-10-16/h9,11-12,20H,3-8,10H2,1-2H3. The van der Waals surface area contributed by atoms with E-state index in [-0.39, 0.29) is 5.91 Å². The smallest absolute Gasteiger partial charge is 0.255 e. The maximum atomic E-state index is 12.7. The fourth-order valence-corrected chi connectivity index (χ4v) is 5.47. The SMILES string of the molecule is CC(C)c1csc(C2CCCN(C(=O)C3(O)CCSC3)C2)n1. The first kappa shape index (κ1) is 16.3. The number of hydrogen-bond donors (Lipinski definition) is 1. The molecule has 1 aromatic rings. The molecule has 2 aliphatic heterocycles. The number of aromatic nitrogens is 1. The van der Waals surface area contributed by atoms with Crippen LogP contribution in [0.3, 0.4) is 0 Å². The lowest BCUT2D eigenvalue weighted by atomic mass is 9.95. The molecular formula is C16H24N2O2S2. The van der Waals surface area contributed by atoms with Gasteiger partial charge in [-0.05, 0) is 30.9 Å². The first-order valence-corrected chi connectivity index (χ1v) is 10.1. The van der Waals surface area contributed by atoms with Gasteiger partial charge in [-0.25, -0.2) is 4.98 Å². The molecule has 1 aromatic heterocycles. The van der Waals surface area contributed by atoms with Crippen molar-refractivity contribution in [1.82, 2.24) is 9.88 Å². The van der Waals surface area contributed by atoms with Gasteiger partial charge in [-0.1, -0.05) is 13.8 Å². The molecule has 3 heterocycles. The molecule has 6 heteroatoms. The van der Waals surface area contributed by atoms with Crippen molar-refractivity contribution in [2.45, 2.75) is 50.5 Å². The van der Waals surface area contributed by atoms with Gasteiger partial charge in [0.25, 0.3) is 5.91 Å². The summed E-state index contributed by atoms with van der Waals surface area (Å²) in [6.07, 6.45) is 2.67. The molecule has 22 heavy (non-hydrogen) atoms. The van der Waals surface area contributed by atoms with E-state index in [0.29, 0.717) is 30.6 Å². The first-order valence-electron chi connectivity index (χ1n) is 8.04. The van der Waals surface area contributed by atoms with Crippen LogP contribution in [0.1, 0.15) is 55.6 Å². The van der Waals surface area contributed by atoms with Crippen LogP contribution in [0.15, 0.2) is 5.38 Å². The van der Waals surface area contributed by atoms with Gasteiger partial charge in [0.2, 0.25) is 0 Å². The van der Waals surface area contributed by atoms with E-state index in [1.807, 2.05) is 4.90 Å². The number of likely N-dealkylation sites (tertiary alicyclic amines) is 1. The summed E-state index contributed by atoms with van der Waals surface area (Å²) in [7, 11) is 0. The summed E-state index contributed by atoms with van der Waals surface area (Å²) in [5, 5.41) is 13.8. The van der Waals surface area contributed by atoms with Crippen LogP contribution >= 0.6 is 23.1 Å². The van der Waals surface area contributed by atoms with E-state index in [1.165, 1.54) is 0 Å². The Bertz CT molecular complexity index is 538. The van der Waals surface area contributed by atoms with Gasteiger partial charge in [-0.15, -0.1) is 11.3 Å². The maximum Gasteiger partial charge on any atom is 0.255 e. The molecule has 0 aliphatic carbocycles. The molecule has 2 atom stereocenters. The minimum Gasteiger partial charge on any atom is -0.379 e. The van der Waals surface area contributed by atoms with E-state index in [1.54, 1.807) is 23.1 Å². The van der Waals surface area contributed by atoms with E-state index in [4.69, 9.17) is 4.98 Å². The van der Waals surface area contributed by atoms with Crippen molar-refractivity contribution in [3.05, 3.63) is 16.1 Å². The number of nitrogens with zero attached hydrogens (tertiary/aromatic N) is 2. The molecule has 4 nitrogen and oxygen atoms in total. The van der Waals surface area contributed by atoms with Gasteiger partial charge in [0.05, 0.1) is 10.7 Å². The summed E-state index contributed by atoms with van der Waals surface area (Å²) in [4.78, 5) is 19.3. The number of carbonyl (C=O) groups is 1. The monoisotopic (exact) mass is 340 g/mol. The molecule has 0 radical (unpaired) electrons. The van der Waals surface area contributed by atoms with Gasteiger partial charge in [-0.3, -0.25) is 4.79 Å². The number of thiazole rings is 1. The second kappa shape index (κ2) is 6.49. The molecule has 0 bridgehead atoms. The van der Waals surface area contributed by atoms with E-state index >= 15 is 0 Å². The van der Waals surface area contributed by atoms with Crippen molar-refractivity contribution >= 4 is 29.0 Å². The molecule has 3 rings (SSSR count). The quantitative estimate of drug-likeness (QED) is 0.919. The highest BCUT2D eigenvalue weighted by atomic mass is 32.2. The third-order valence-electron chi connectivity index (χ3n) is 4.59. The summed E-state index contributed by atoms with van der Waals surface area (Å²) < 4.78 is 0. The van der Waals surface area contributed by atoms with Crippen molar-refractivity contribution in [2.24, 2.45) is 0 Å². The number of amides is 1. The Morgan fingerprint density at radius 2 is 2.36 bits per heavy atom. The summed E-state index contributed by atoms with van der Waals surface area (Å²) in [5.74, 6) is 2.13. The predicted octanol–water partition coefficient (Wildman–Crippen LogP) is 2.84. The van der Waals surface area contributed by atoms with Crippen LogP contribution in [-0.2, 0) is 4.79 Å². The molecular weight excluding hydrogens is 316 g/mol. The average Bonchev–Trinajstić information content (AvgIpc) is 3.16. The van der Waals surface area contributed by atoms with E-state index < -0.39 is 5.60 Å². The fraction of sp³-hybridized carbons (Fsp3) is 0.750. The fourth-order valence-electron chi connectivity index (χ4n) is 3.13. The van der Waals surface area contributed by atoms with Crippen LogP contribution in [-0.4, -0.2) is 51.1 Å². The summed E-state index contributed by atoms with van der Waals surface area (Å²) in [6.45, 7) is 5.78. The highest BCUT2D eigenvalue weighted by Crippen LogP contribution is 2.34. The average molecular weight is 341 g/mol. The van der Waals surface area contributed by atoms with Crippen molar-refractivity contribution in [1.29, 1.82) is 0 Å². The zero-order valence-electron chi connectivity index (χ0n) is 13.2. The molecule has 0 spiro atoms. The number of thioether (sulfide) groups is 1. The number of carbonyl (C=O) groups excluding carboxylic acids is 1. The Kier molecular flexibility index (Phi) is 4.80. The largest absolute Gasteiger partial charge is 0.379 e. The lowest BCUT2D eigenvalue weighted by Gasteiger charge is -2.36. The summed E-state index contributed by atoms with van der Waals surface area (Å²) >= 11 is 3.38. The Morgan fingerprint density at radius 1 is 1.55 bits per heavy atom. The highest BCUT2D eigenvalue weighted by Gasteiger charge is 2.43. The minimum absolute atomic E-state index is 0.0668. The van der Waals surface area contributed by atoms with Gasteiger partial charge < -0.3 is 10.0 Å². The second-order valence-corrected chi connectivity index (χ2v) is 8.68. The lowest BCUT2D eigenvalue weighted by molar-refractivity contribution is -0.150. The normalized spacial score (nSPS) is 29.3. The number of hydrogen-bond acceptors (Lipinski definition) is 5. The minimum atomic E-state index is -1.13. The molecule has 2 fully saturated rings. The van der Waals surface area contributed by atoms with Gasteiger partial charge >= 0.3 is 0 Å². The molecule has 0 aromatic carbocycles. The van der Waals surface area contributed by atoms with Gasteiger partial charge in [0.1, 0.15) is 0 Å². The molecule has 1 N–H and O–H groups in total. The van der Waals surface area contributed by atoms with E-state index in [9.17, 15) is 9.90 Å². The molecule has 122 valence electrons. The molecule has 0 saturated carbocycles. The Hall–Kier alpha value is -0.590. The van der Waals surface area contributed by atoms with Crippen LogP contribution in [0.2, 0.25) is 0 Å². The Morgan fingerprint density at radius 3 is 3.00 bits per heavy atom. The first-order chi connectivity index (χ1) is 10.5. The molecule has 2 saturated heterocycles. The van der Waals surface area contributed by atoms with Gasteiger partial charge in [-0.2, -0.15) is 11.8 Å². The van der Waals surface area contributed by atoms with Crippen molar-refractivity contribution in [3.63, 3.8) is 0 Å². The zero-order valence-corrected chi connectivity index (χ0v) is 14.9. The number of piperidine rings is 1. The van der Waals surface area contributed by atoms with Crippen LogP contribution in [0.5, 0.6) is 0 Å². The molecule has 1 amide bonds. The number of rotatable bonds is 3. The van der Waals surface area contributed by atoms with Crippen molar-refractivity contribution in [2.75, 3.05) is 24.6 Å². The highest BCUT2D eigenvalue weighted by molar-refractivity contribution is 7.99. The lowest BCUT2D eigenvalue weighted by Crippen LogP contribution is -2.52. The van der Waals surface area contributed by atoms with Gasteiger partial charge in [0.15, 0.2) is 5.60 Å². The van der Waals surface area contributed by atoms with Crippen LogP contribution < -0.4 is 0 Å². The second-order valence-electron chi connectivity index (χ2n) is 6.69. The third kappa shape index (κ3) is 3.19. The predicted molar refractivity (Wildman–Crippen MR) is 91.6 cm³/mol. The zero-order chi connectivity index (χ0) is 15.7. The van der Waals surface area contributed by atoms with E-state index in [0.717, 1.165) is 35.8 Å². The number of aliphatic hydroxyl groups is 1. The molecule has 2 aliphatic rings. The summed E-state index contributed by atoms with van der Waals surface area (Å²) in [5.41, 5.74) is 0.0210. The van der Waals surface area contributed by atoms with E-state index in [2.05, 4.69) is 19.2 Å². The van der Waals surface area contributed by atoms with Crippen LogP contribution in [0.25, 0.3) is 0 Å². The third-order valence-corrected chi connectivity index (χ3v) is 6.79. The topological polar surface area (TPSA) is 53.4 Å². The Labute approximate surface area is 140 Å².